The molecule has 2 rings (SSSR count). The molecule has 0 bridgehead atoms. The Hall–Kier alpha value is -1.17. The zero-order valence-corrected chi connectivity index (χ0v) is 8.21. The highest BCUT2D eigenvalue weighted by atomic mass is 32.2. The molecule has 1 aromatic heterocycles. The molecule has 6 heteroatoms. The molecule has 0 spiro atoms. The number of aromatic amines is 1. The van der Waals surface area contributed by atoms with Crippen LogP contribution in [0.5, 0.6) is 0 Å². The Labute approximate surface area is 84.1 Å². The van der Waals surface area contributed by atoms with Crippen LogP contribution in [0.3, 0.4) is 0 Å². The van der Waals surface area contributed by atoms with E-state index in [1.165, 1.54) is 4.68 Å². The van der Waals surface area contributed by atoms with Crippen LogP contribution < -0.4 is 5.56 Å². The third kappa shape index (κ3) is 1.57. The number of carboxylic acids is 1. The predicted octanol–water partition coefficient (Wildman–Crippen LogP) is 0.900. The number of nitrogens with zero attached hydrogens (tertiary/aromatic N) is 1. The fraction of sp³-hybridized carbons (Fsp3) is 0.500. The topological polar surface area (TPSA) is 75.1 Å². The van der Waals surface area contributed by atoms with Crippen molar-refractivity contribution in [2.24, 2.45) is 0 Å². The van der Waals surface area contributed by atoms with E-state index in [2.05, 4.69) is 5.10 Å². The highest BCUT2D eigenvalue weighted by Crippen LogP contribution is 2.33. The third-order valence-corrected chi connectivity index (χ3v) is 3.53. The molecular weight excluding hydrogens is 204 g/mol. The lowest BCUT2D eigenvalue weighted by atomic mass is 10.3. The van der Waals surface area contributed by atoms with Gasteiger partial charge in [-0.2, -0.15) is 0 Å². The lowest BCUT2D eigenvalue weighted by Gasteiger charge is -2.08. The van der Waals surface area contributed by atoms with E-state index in [1.807, 2.05) is 0 Å². The van der Waals surface area contributed by atoms with Gasteiger partial charge in [0.05, 0.1) is 5.37 Å². The van der Waals surface area contributed by atoms with Gasteiger partial charge in [-0.1, -0.05) is 0 Å². The Morgan fingerprint density at radius 1 is 1.71 bits per heavy atom. The van der Waals surface area contributed by atoms with E-state index in [1.54, 1.807) is 11.8 Å². The van der Waals surface area contributed by atoms with Crippen LogP contribution in [0.15, 0.2) is 10.9 Å². The quantitative estimate of drug-likeness (QED) is 0.767. The number of aromatic carboxylic acids is 1. The average molecular weight is 214 g/mol. The monoisotopic (exact) mass is 214 g/mol. The molecule has 5 nitrogen and oxygen atoms in total. The van der Waals surface area contributed by atoms with Gasteiger partial charge in [-0.3, -0.25) is 9.89 Å². The first-order valence-electron chi connectivity index (χ1n) is 4.35. The van der Waals surface area contributed by atoms with Gasteiger partial charge < -0.3 is 5.11 Å². The summed E-state index contributed by atoms with van der Waals surface area (Å²) in [5, 5.41) is 11.4. The summed E-state index contributed by atoms with van der Waals surface area (Å²) in [6, 6.07) is 1.13. The number of aromatic nitrogens is 2. The summed E-state index contributed by atoms with van der Waals surface area (Å²) in [5.74, 6) is -0.0673. The highest BCUT2D eigenvalue weighted by Gasteiger charge is 2.21. The molecule has 1 fully saturated rings. The first kappa shape index (κ1) is 9.39. The number of carboxylic acid groups (broad SMARTS) is 1. The minimum Gasteiger partial charge on any atom is -0.477 e. The third-order valence-electron chi connectivity index (χ3n) is 2.17. The second kappa shape index (κ2) is 3.53. The number of hydrogen-bond acceptors (Lipinski definition) is 3. The molecule has 0 radical (unpaired) electrons. The maximum Gasteiger partial charge on any atom is 0.353 e. The minimum atomic E-state index is -1.09. The lowest BCUT2D eigenvalue weighted by Crippen LogP contribution is -2.18. The van der Waals surface area contributed by atoms with Crippen molar-refractivity contribution in [3.8, 4) is 0 Å². The molecule has 14 heavy (non-hydrogen) atoms. The number of H-pyrrole nitrogens is 1. The standard InChI is InChI=1S/C8H10N2O3S/c11-6-4-5(8(12)13)9-10(6)7-2-1-3-14-7/h4,7,9H,1-3H2,(H,12,13). The molecule has 2 heterocycles. The predicted molar refractivity (Wildman–Crippen MR) is 52.7 cm³/mol. The van der Waals surface area contributed by atoms with Gasteiger partial charge in [0.1, 0.15) is 5.69 Å². The van der Waals surface area contributed by atoms with Crippen molar-refractivity contribution in [3.63, 3.8) is 0 Å². The molecule has 0 aromatic carbocycles. The van der Waals surface area contributed by atoms with Crippen LogP contribution in [-0.4, -0.2) is 26.6 Å². The first-order chi connectivity index (χ1) is 6.68. The molecule has 0 amide bonds. The van der Waals surface area contributed by atoms with Gasteiger partial charge in [-0.15, -0.1) is 11.8 Å². The number of thioether (sulfide) groups is 1. The van der Waals surface area contributed by atoms with Crippen molar-refractivity contribution < 1.29 is 9.90 Å². The second-order valence-electron chi connectivity index (χ2n) is 3.15. The van der Waals surface area contributed by atoms with Crippen LogP contribution in [0, 0.1) is 0 Å². The second-order valence-corrected chi connectivity index (χ2v) is 4.44. The summed E-state index contributed by atoms with van der Waals surface area (Å²) in [7, 11) is 0. The lowest BCUT2D eigenvalue weighted by molar-refractivity contribution is 0.0689. The van der Waals surface area contributed by atoms with Crippen molar-refractivity contribution in [1.29, 1.82) is 0 Å². The summed E-state index contributed by atoms with van der Waals surface area (Å²) in [5.41, 5.74) is -0.302. The van der Waals surface area contributed by atoms with Gasteiger partial charge in [-0.05, 0) is 18.6 Å². The number of hydrogen-bond donors (Lipinski definition) is 2. The van der Waals surface area contributed by atoms with Crippen LogP contribution in [0.2, 0.25) is 0 Å². The van der Waals surface area contributed by atoms with E-state index < -0.39 is 5.97 Å². The molecular formula is C8H10N2O3S. The summed E-state index contributed by atoms with van der Waals surface area (Å²) in [4.78, 5) is 22.0. The van der Waals surface area contributed by atoms with Crippen molar-refractivity contribution in [2.75, 3.05) is 5.75 Å². The van der Waals surface area contributed by atoms with Crippen LogP contribution in [-0.2, 0) is 0 Å². The number of carbonyl (C=O) groups is 1. The smallest absolute Gasteiger partial charge is 0.353 e. The Kier molecular flexibility index (Phi) is 2.37. The van der Waals surface area contributed by atoms with Crippen molar-refractivity contribution >= 4 is 17.7 Å². The van der Waals surface area contributed by atoms with Crippen molar-refractivity contribution in [3.05, 3.63) is 22.1 Å². The van der Waals surface area contributed by atoms with E-state index in [-0.39, 0.29) is 16.6 Å². The molecule has 1 atom stereocenters. The van der Waals surface area contributed by atoms with E-state index in [0.29, 0.717) is 0 Å². The summed E-state index contributed by atoms with van der Waals surface area (Å²) >= 11 is 1.67. The number of nitrogens with one attached hydrogen (secondary N) is 1. The Morgan fingerprint density at radius 3 is 3.00 bits per heavy atom. The van der Waals surface area contributed by atoms with Gasteiger partial charge in [0, 0.05) is 6.07 Å². The molecule has 2 N–H and O–H groups in total. The maximum atomic E-state index is 11.4. The summed E-state index contributed by atoms with van der Waals surface area (Å²) in [6.07, 6.45) is 1.99. The van der Waals surface area contributed by atoms with E-state index in [9.17, 15) is 9.59 Å². The van der Waals surface area contributed by atoms with Crippen LogP contribution in [0.1, 0.15) is 28.7 Å². The SMILES string of the molecule is O=C(O)c1cc(=O)n(C2CCCS2)[nH]1. The Balaban J connectivity index is 2.33. The maximum absolute atomic E-state index is 11.4. The zero-order valence-electron chi connectivity index (χ0n) is 7.40. The summed E-state index contributed by atoms with van der Waals surface area (Å²) < 4.78 is 1.40. The number of rotatable bonds is 2. The molecule has 1 saturated heterocycles. The zero-order chi connectivity index (χ0) is 10.1. The van der Waals surface area contributed by atoms with Gasteiger partial charge in [0.25, 0.3) is 5.56 Å². The van der Waals surface area contributed by atoms with Crippen molar-refractivity contribution in [2.45, 2.75) is 18.2 Å². The van der Waals surface area contributed by atoms with Crippen LogP contribution >= 0.6 is 11.8 Å². The Bertz CT molecular complexity index is 403. The highest BCUT2D eigenvalue weighted by molar-refractivity contribution is 7.99. The minimum absolute atomic E-state index is 0.0394. The average Bonchev–Trinajstić information content (AvgIpc) is 2.71. The normalized spacial score (nSPS) is 21.3. The van der Waals surface area contributed by atoms with E-state index in [4.69, 9.17) is 5.11 Å². The fourth-order valence-electron chi connectivity index (χ4n) is 1.50. The van der Waals surface area contributed by atoms with E-state index in [0.717, 1.165) is 24.7 Å². The van der Waals surface area contributed by atoms with Gasteiger partial charge in [0.15, 0.2) is 0 Å². The van der Waals surface area contributed by atoms with Crippen LogP contribution in [0.25, 0.3) is 0 Å². The molecule has 76 valence electrons. The van der Waals surface area contributed by atoms with Crippen molar-refractivity contribution in [1.82, 2.24) is 9.78 Å². The molecule has 1 aliphatic heterocycles. The molecule has 0 saturated carbocycles. The van der Waals surface area contributed by atoms with Crippen LogP contribution in [0.4, 0.5) is 0 Å². The van der Waals surface area contributed by atoms with Gasteiger partial charge in [0.2, 0.25) is 0 Å². The van der Waals surface area contributed by atoms with Gasteiger partial charge >= 0.3 is 5.97 Å². The summed E-state index contributed by atoms with van der Waals surface area (Å²) in [6.45, 7) is 0. The van der Waals surface area contributed by atoms with E-state index >= 15 is 0 Å². The Morgan fingerprint density at radius 2 is 2.50 bits per heavy atom. The first-order valence-corrected chi connectivity index (χ1v) is 5.40. The molecule has 0 aliphatic carbocycles. The largest absolute Gasteiger partial charge is 0.477 e. The fourth-order valence-corrected chi connectivity index (χ4v) is 2.74. The van der Waals surface area contributed by atoms with Gasteiger partial charge in [-0.25, -0.2) is 9.48 Å². The molecule has 1 unspecified atom stereocenters. The molecule has 1 aliphatic rings. The molecule has 1 aromatic rings.